The van der Waals surface area contributed by atoms with E-state index in [-0.39, 0.29) is 28.5 Å². The lowest BCUT2D eigenvalue weighted by Crippen LogP contribution is -2.64. The summed E-state index contributed by atoms with van der Waals surface area (Å²) in [5.74, 6) is 2.14. The molecular formula is C19H24BrNO3. The van der Waals surface area contributed by atoms with E-state index in [9.17, 15) is 5.11 Å². The van der Waals surface area contributed by atoms with E-state index in [0.717, 1.165) is 30.9 Å². The highest BCUT2D eigenvalue weighted by Crippen LogP contribution is 2.62. The van der Waals surface area contributed by atoms with Crippen molar-refractivity contribution in [1.29, 1.82) is 0 Å². The predicted molar refractivity (Wildman–Crippen MR) is 97.4 cm³/mol. The lowest BCUT2D eigenvalue weighted by Gasteiger charge is -2.56. The van der Waals surface area contributed by atoms with Crippen LogP contribution in [0.4, 0.5) is 0 Å². The minimum atomic E-state index is -0.539. The number of aliphatic hydroxyl groups excluding tert-OH is 1. The molecule has 1 N–H and O–H groups in total. The van der Waals surface area contributed by atoms with E-state index in [0.29, 0.717) is 18.6 Å². The highest BCUT2D eigenvalue weighted by molar-refractivity contribution is 8.93. The highest BCUT2D eigenvalue weighted by atomic mass is 79.9. The number of likely N-dealkylation sites (tertiary alicyclic amines) is 1. The monoisotopic (exact) mass is 393 g/mol. The highest BCUT2D eigenvalue weighted by Gasteiger charge is 2.64. The molecular weight excluding hydrogens is 370 g/mol. The van der Waals surface area contributed by atoms with Crippen LogP contribution in [-0.2, 0) is 11.8 Å². The largest absolute Gasteiger partial charge is 0.490 e. The van der Waals surface area contributed by atoms with Crippen molar-refractivity contribution in [3.05, 3.63) is 35.4 Å². The zero-order valence-corrected chi connectivity index (χ0v) is 15.8. The first-order valence-corrected chi connectivity index (χ1v) is 8.69. The third-order valence-corrected chi connectivity index (χ3v) is 6.43. The van der Waals surface area contributed by atoms with Gasteiger partial charge >= 0.3 is 0 Å². The van der Waals surface area contributed by atoms with Crippen molar-refractivity contribution in [3.8, 4) is 11.5 Å². The Morgan fingerprint density at radius 3 is 3.00 bits per heavy atom. The Morgan fingerprint density at radius 2 is 2.21 bits per heavy atom. The summed E-state index contributed by atoms with van der Waals surface area (Å²) in [6.45, 7) is 3.68. The van der Waals surface area contributed by atoms with Crippen molar-refractivity contribution in [1.82, 2.24) is 4.90 Å². The van der Waals surface area contributed by atoms with Crippen LogP contribution in [0.5, 0.6) is 11.5 Å². The van der Waals surface area contributed by atoms with Gasteiger partial charge in [-0.05, 0) is 45.0 Å². The molecule has 3 unspecified atom stereocenters. The molecule has 2 aliphatic carbocycles. The first kappa shape index (κ1) is 16.4. The molecule has 0 amide bonds. The maximum Gasteiger partial charge on any atom is 0.165 e. The number of hydrogen-bond donors (Lipinski definition) is 1. The summed E-state index contributed by atoms with van der Waals surface area (Å²) in [6, 6.07) is 4.75. The summed E-state index contributed by atoms with van der Waals surface area (Å²) >= 11 is 0. The Kier molecular flexibility index (Phi) is 3.75. The summed E-state index contributed by atoms with van der Waals surface area (Å²) in [5, 5.41) is 10.6. The van der Waals surface area contributed by atoms with Crippen molar-refractivity contribution in [2.45, 2.75) is 43.4 Å². The topological polar surface area (TPSA) is 41.9 Å². The quantitative estimate of drug-likeness (QED) is 0.783. The molecule has 4 aliphatic rings. The van der Waals surface area contributed by atoms with E-state index in [1.165, 1.54) is 11.1 Å². The van der Waals surface area contributed by atoms with Crippen LogP contribution in [0, 0.1) is 5.92 Å². The average molecular weight is 394 g/mol. The molecule has 1 fully saturated rings. The fraction of sp³-hybridized carbons (Fsp3) is 0.579. The molecule has 0 saturated carbocycles. The standard InChI is InChI=1S/C19H23NO3.BrH/c1-3-22-15-7-4-11-10-13-12-5-6-14(21)18-19(12,8-9-20(13)2)16(11)17(15)23-18;/h4-7,12-14,18,21H,3,8-10H2,1-2H3;1H/t12?,13?,14-,18-,19?;/m0./s1. The van der Waals surface area contributed by atoms with Gasteiger partial charge < -0.3 is 19.5 Å². The Hall–Kier alpha value is -1.04. The van der Waals surface area contributed by atoms with E-state index >= 15 is 0 Å². The summed E-state index contributed by atoms with van der Waals surface area (Å²) in [7, 11) is 2.22. The number of rotatable bonds is 2. The van der Waals surface area contributed by atoms with Crippen molar-refractivity contribution in [2.75, 3.05) is 20.2 Å². The Bertz CT molecular complexity index is 706. The molecule has 2 heterocycles. The van der Waals surface area contributed by atoms with Gasteiger partial charge in [0.1, 0.15) is 12.2 Å². The Labute approximate surface area is 153 Å². The zero-order valence-electron chi connectivity index (χ0n) is 14.1. The van der Waals surface area contributed by atoms with Crippen LogP contribution in [0.15, 0.2) is 24.3 Å². The van der Waals surface area contributed by atoms with E-state index in [2.05, 4.69) is 24.1 Å². The fourth-order valence-corrected chi connectivity index (χ4v) is 5.50. The maximum atomic E-state index is 10.6. The van der Waals surface area contributed by atoms with Crippen LogP contribution in [0.25, 0.3) is 0 Å². The number of hydrogen-bond acceptors (Lipinski definition) is 4. The van der Waals surface area contributed by atoms with Gasteiger partial charge in [-0.2, -0.15) is 0 Å². The van der Waals surface area contributed by atoms with Crippen molar-refractivity contribution in [2.24, 2.45) is 5.92 Å². The van der Waals surface area contributed by atoms with Crippen molar-refractivity contribution >= 4 is 17.0 Å². The van der Waals surface area contributed by atoms with E-state index < -0.39 is 6.10 Å². The lowest BCUT2D eigenvalue weighted by molar-refractivity contribution is -0.0453. The molecule has 24 heavy (non-hydrogen) atoms. The lowest BCUT2D eigenvalue weighted by atomic mass is 9.53. The molecule has 4 nitrogen and oxygen atoms in total. The zero-order chi connectivity index (χ0) is 15.8. The van der Waals surface area contributed by atoms with Gasteiger partial charge in [0.05, 0.1) is 6.61 Å². The number of nitrogens with zero attached hydrogens (tertiary/aromatic N) is 1. The second kappa shape index (κ2) is 5.48. The van der Waals surface area contributed by atoms with Crippen LogP contribution in [0.3, 0.4) is 0 Å². The molecule has 5 atom stereocenters. The number of benzene rings is 1. The van der Waals surface area contributed by atoms with Gasteiger partial charge in [-0.25, -0.2) is 0 Å². The normalized spacial score (nSPS) is 38.1. The second-order valence-corrected chi connectivity index (χ2v) is 7.34. The summed E-state index contributed by atoms with van der Waals surface area (Å²) in [5.41, 5.74) is 2.62. The summed E-state index contributed by atoms with van der Waals surface area (Å²) in [6.07, 6.45) is 5.56. The predicted octanol–water partition coefficient (Wildman–Crippen LogP) is 2.47. The Morgan fingerprint density at radius 1 is 1.38 bits per heavy atom. The van der Waals surface area contributed by atoms with Crippen LogP contribution in [0.1, 0.15) is 24.5 Å². The van der Waals surface area contributed by atoms with Gasteiger partial charge in [0, 0.05) is 22.9 Å². The van der Waals surface area contributed by atoms with Gasteiger partial charge in [0.15, 0.2) is 11.5 Å². The van der Waals surface area contributed by atoms with Crippen molar-refractivity contribution in [3.63, 3.8) is 0 Å². The second-order valence-electron chi connectivity index (χ2n) is 7.34. The third-order valence-electron chi connectivity index (χ3n) is 6.43. The van der Waals surface area contributed by atoms with E-state index in [1.807, 2.05) is 19.1 Å². The first-order valence-electron chi connectivity index (χ1n) is 8.69. The van der Waals surface area contributed by atoms with Crippen molar-refractivity contribution < 1.29 is 14.6 Å². The average Bonchev–Trinajstić information content (AvgIpc) is 2.90. The Balaban J connectivity index is 0.00000146. The molecule has 1 aromatic rings. The molecule has 1 aromatic carbocycles. The number of piperidine rings is 1. The SMILES string of the molecule is Br.CCOc1ccc2c3c1O[C@H]1[C@@H](O)C=CC4C(C2)N(C)CCC341. The van der Waals surface area contributed by atoms with E-state index in [4.69, 9.17) is 9.47 Å². The maximum absolute atomic E-state index is 10.6. The molecule has 5 rings (SSSR count). The van der Waals surface area contributed by atoms with Gasteiger partial charge in [-0.15, -0.1) is 17.0 Å². The van der Waals surface area contributed by atoms with Crippen LogP contribution in [0.2, 0.25) is 0 Å². The molecule has 5 heteroatoms. The number of halogens is 1. The number of likely N-dealkylation sites (N-methyl/N-ethyl adjacent to an activating group) is 1. The van der Waals surface area contributed by atoms with Gasteiger partial charge in [-0.3, -0.25) is 0 Å². The first-order chi connectivity index (χ1) is 11.2. The molecule has 0 radical (unpaired) electrons. The number of ether oxygens (including phenoxy) is 2. The number of aliphatic hydroxyl groups is 1. The summed E-state index contributed by atoms with van der Waals surface area (Å²) in [4.78, 5) is 2.48. The third kappa shape index (κ3) is 1.81. The molecule has 1 saturated heterocycles. The molecule has 2 aliphatic heterocycles. The van der Waals surface area contributed by atoms with E-state index in [1.54, 1.807) is 0 Å². The molecule has 130 valence electrons. The minimum Gasteiger partial charge on any atom is -0.490 e. The molecule has 1 spiro atoms. The van der Waals surface area contributed by atoms with Gasteiger partial charge in [0.2, 0.25) is 0 Å². The molecule has 0 aromatic heterocycles. The van der Waals surface area contributed by atoms with Crippen LogP contribution in [-0.4, -0.2) is 48.5 Å². The summed E-state index contributed by atoms with van der Waals surface area (Å²) < 4.78 is 12.2. The van der Waals surface area contributed by atoms with Crippen LogP contribution >= 0.6 is 17.0 Å². The molecule has 2 bridgehead atoms. The fourth-order valence-electron chi connectivity index (χ4n) is 5.50. The van der Waals surface area contributed by atoms with Crippen LogP contribution < -0.4 is 9.47 Å². The smallest absolute Gasteiger partial charge is 0.165 e. The van der Waals surface area contributed by atoms with Gasteiger partial charge in [0.25, 0.3) is 0 Å². The van der Waals surface area contributed by atoms with Gasteiger partial charge in [-0.1, -0.05) is 18.2 Å². The minimum absolute atomic E-state index is 0.